The Morgan fingerprint density at radius 3 is 2.48 bits per heavy atom. The van der Waals surface area contributed by atoms with E-state index in [1.54, 1.807) is 24.3 Å². The normalized spacial score (nSPS) is 14.8. The molecule has 5 N–H and O–H groups in total. The average Bonchev–Trinajstić information content (AvgIpc) is 3.42. The number of fused-ring (bicyclic) bond motifs is 1. The van der Waals surface area contributed by atoms with Crippen LogP contribution in [0.2, 0.25) is 5.02 Å². The molecule has 6 nitrogen and oxygen atoms in total. The molecule has 1 aliphatic heterocycles. The lowest BCUT2D eigenvalue weighted by molar-refractivity contribution is 0.0942. The molecule has 5 aromatic rings. The summed E-state index contributed by atoms with van der Waals surface area (Å²) in [6, 6.07) is 30.4. The molecule has 0 spiro atoms. The summed E-state index contributed by atoms with van der Waals surface area (Å²) in [5.74, 6) is -0.205. The number of hydrogen-bond donors (Lipinski definition) is 4. The van der Waals surface area contributed by atoms with Gasteiger partial charge in [0.05, 0.1) is 6.04 Å². The van der Waals surface area contributed by atoms with Crippen molar-refractivity contribution in [2.45, 2.75) is 24.9 Å². The number of carbonyl (C=O) groups is 1. The first-order valence-electron chi connectivity index (χ1n) is 13.5. The predicted molar refractivity (Wildman–Crippen MR) is 162 cm³/mol. The number of halogens is 1. The third-order valence-electron chi connectivity index (χ3n) is 7.67. The standard InChI is InChI=1S/C33H31ClN4O2/c34-25-10-13-31(39)28(20-25)32(30-19-23-4-1-2-7-29(23)36-30)37-33(40)24-6-3-5-22(18-24)21-8-11-27(12-9-21)38-16-14-26(35)15-17-38/h1-13,18-20,26,32,36,39H,14-17,35H2,(H,37,40)/t32-/m1/s1. The van der Waals surface area contributed by atoms with Crippen LogP contribution in [0.1, 0.15) is 40.5 Å². The van der Waals surface area contributed by atoms with E-state index in [4.69, 9.17) is 17.3 Å². The number of anilines is 1. The van der Waals surface area contributed by atoms with Gasteiger partial charge in [0.2, 0.25) is 0 Å². The van der Waals surface area contributed by atoms with Gasteiger partial charge < -0.3 is 26.0 Å². The Kier molecular flexibility index (Phi) is 7.20. The van der Waals surface area contributed by atoms with Gasteiger partial charge in [-0.3, -0.25) is 4.79 Å². The van der Waals surface area contributed by atoms with E-state index in [1.165, 1.54) is 5.69 Å². The van der Waals surface area contributed by atoms with Crippen molar-refractivity contribution in [3.05, 3.63) is 119 Å². The third kappa shape index (κ3) is 5.41. The number of para-hydroxylation sites is 1. The highest BCUT2D eigenvalue weighted by atomic mass is 35.5. The molecule has 0 bridgehead atoms. The van der Waals surface area contributed by atoms with Gasteiger partial charge in [-0.25, -0.2) is 0 Å². The number of phenols is 1. The van der Waals surface area contributed by atoms with Gasteiger partial charge in [0.15, 0.2) is 0 Å². The third-order valence-corrected chi connectivity index (χ3v) is 7.90. The lowest BCUT2D eigenvalue weighted by Crippen LogP contribution is -2.39. The molecule has 1 fully saturated rings. The molecule has 1 amide bonds. The molecule has 0 radical (unpaired) electrons. The van der Waals surface area contributed by atoms with Gasteiger partial charge in [-0.05, 0) is 84.0 Å². The first-order valence-corrected chi connectivity index (χ1v) is 13.9. The fraction of sp³-hybridized carbons (Fsp3) is 0.182. The first-order chi connectivity index (χ1) is 19.4. The fourth-order valence-corrected chi connectivity index (χ4v) is 5.59. The second-order valence-corrected chi connectivity index (χ2v) is 10.8. The van der Waals surface area contributed by atoms with Gasteiger partial charge in [-0.2, -0.15) is 0 Å². The Labute approximate surface area is 238 Å². The van der Waals surface area contributed by atoms with Crippen molar-refractivity contribution in [1.82, 2.24) is 10.3 Å². The van der Waals surface area contributed by atoms with Crippen LogP contribution in [0.15, 0.2) is 97.1 Å². The molecule has 2 heterocycles. The largest absolute Gasteiger partial charge is 0.508 e. The van der Waals surface area contributed by atoms with E-state index in [1.807, 2.05) is 48.5 Å². The Morgan fingerprint density at radius 2 is 1.70 bits per heavy atom. The van der Waals surface area contributed by atoms with Crippen LogP contribution in [0.4, 0.5) is 5.69 Å². The number of nitrogens with zero attached hydrogens (tertiary/aromatic N) is 1. The van der Waals surface area contributed by atoms with Crippen molar-refractivity contribution in [2.24, 2.45) is 5.73 Å². The van der Waals surface area contributed by atoms with Crippen molar-refractivity contribution in [3.63, 3.8) is 0 Å². The van der Waals surface area contributed by atoms with Gasteiger partial charge in [0.1, 0.15) is 5.75 Å². The van der Waals surface area contributed by atoms with Crippen molar-refractivity contribution < 1.29 is 9.90 Å². The molecule has 202 valence electrons. The zero-order valence-electron chi connectivity index (χ0n) is 22.0. The van der Waals surface area contributed by atoms with Gasteiger partial charge >= 0.3 is 0 Å². The lowest BCUT2D eigenvalue weighted by atomic mass is 9.99. The molecular weight excluding hydrogens is 520 g/mol. The van der Waals surface area contributed by atoms with Gasteiger partial charge in [-0.1, -0.05) is 54.1 Å². The van der Waals surface area contributed by atoms with E-state index >= 15 is 0 Å². The van der Waals surface area contributed by atoms with E-state index < -0.39 is 6.04 Å². The number of hydrogen-bond acceptors (Lipinski definition) is 4. The second-order valence-electron chi connectivity index (χ2n) is 10.4. The van der Waals surface area contributed by atoms with E-state index in [9.17, 15) is 9.90 Å². The van der Waals surface area contributed by atoms with Crippen LogP contribution < -0.4 is 16.0 Å². The number of aromatic hydroxyl groups is 1. The minimum atomic E-state index is -0.640. The number of carbonyl (C=O) groups excluding carboxylic acids is 1. The number of benzene rings is 4. The summed E-state index contributed by atoms with van der Waals surface area (Å²) in [5, 5.41) is 15.3. The number of phenolic OH excluding ortho intramolecular Hbond substituents is 1. The summed E-state index contributed by atoms with van der Waals surface area (Å²) in [6.45, 7) is 1.94. The van der Waals surface area contributed by atoms with Crippen molar-refractivity contribution in [3.8, 4) is 16.9 Å². The number of nitrogens with one attached hydrogen (secondary N) is 2. The van der Waals surface area contributed by atoms with E-state index in [0.717, 1.165) is 53.7 Å². The maximum absolute atomic E-state index is 13.6. The van der Waals surface area contributed by atoms with Crippen LogP contribution in [0.5, 0.6) is 5.75 Å². The summed E-state index contributed by atoms with van der Waals surface area (Å²) < 4.78 is 0. The number of aromatic nitrogens is 1. The number of aromatic amines is 1. The molecule has 1 saturated heterocycles. The molecule has 1 aliphatic rings. The van der Waals surface area contributed by atoms with Crippen LogP contribution in [-0.4, -0.2) is 35.1 Å². The number of rotatable bonds is 6. The molecule has 4 aromatic carbocycles. The Hall–Kier alpha value is -4.26. The minimum absolute atomic E-state index is 0.0536. The Balaban J connectivity index is 1.27. The number of H-pyrrole nitrogens is 1. The molecular formula is C33H31ClN4O2. The predicted octanol–water partition coefficient (Wildman–Crippen LogP) is 6.64. The molecule has 40 heavy (non-hydrogen) atoms. The van der Waals surface area contributed by atoms with E-state index in [-0.39, 0.29) is 11.7 Å². The van der Waals surface area contributed by atoms with Crippen LogP contribution in [0.3, 0.4) is 0 Å². The highest BCUT2D eigenvalue weighted by Crippen LogP contribution is 2.33. The summed E-state index contributed by atoms with van der Waals surface area (Å²) >= 11 is 6.29. The average molecular weight is 551 g/mol. The lowest BCUT2D eigenvalue weighted by Gasteiger charge is -2.32. The van der Waals surface area contributed by atoms with Crippen LogP contribution in [0.25, 0.3) is 22.0 Å². The SMILES string of the molecule is NC1CCN(c2ccc(-c3cccc(C(=O)N[C@@H](c4cc5ccccc5[nH]4)c4cc(Cl)ccc4O)c3)cc2)CC1. The molecule has 0 unspecified atom stereocenters. The number of piperidine rings is 1. The Bertz CT molecular complexity index is 1620. The maximum Gasteiger partial charge on any atom is 0.252 e. The van der Waals surface area contributed by atoms with Crippen molar-refractivity contribution in [2.75, 3.05) is 18.0 Å². The second kappa shape index (κ2) is 11.1. The maximum atomic E-state index is 13.6. The molecule has 6 rings (SSSR count). The van der Waals surface area contributed by atoms with E-state index in [0.29, 0.717) is 22.2 Å². The summed E-state index contributed by atoms with van der Waals surface area (Å²) in [4.78, 5) is 19.4. The zero-order chi connectivity index (χ0) is 27.6. The van der Waals surface area contributed by atoms with Gasteiger partial charge in [0, 0.05) is 52.2 Å². The van der Waals surface area contributed by atoms with Crippen LogP contribution in [-0.2, 0) is 0 Å². The van der Waals surface area contributed by atoms with Crippen molar-refractivity contribution in [1.29, 1.82) is 0 Å². The molecule has 1 aromatic heterocycles. The summed E-state index contributed by atoms with van der Waals surface area (Å²) in [7, 11) is 0. The van der Waals surface area contributed by atoms with Gasteiger partial charge in [0.25, 0.3) is 5.91 Å². The van der Waals surface area contributed by atoms with Crippen LogP contribution in [0, 0.1) is 0 Å². The number of amides is 1. The monoisotopic (exact) mass is 550 g/mol. The van der Waals surface area contributed by atoms with Crippen molar-refractivity contribution >= 4 is 34.1 Å². The van der Waals surface area contributed by atoms with Gasteiger partial charge in [-0.15, -0.1) is 0 Å². The molecule has 7 heteroatoms. The molecule has 0 aliphatic carbocycles. The number of nitrogens with two attached hydrogens (primary N) is 1. The highest BCUT2D eigenvalue weighted by molar-refractivity contribution is 6.30. The smallest absolute Gasteiger partial charge is 0.252 e. The first kappa shape index (κ1) is 26.0. The topological polar surface area (TPSA) is 94.4 Å². The fourth-order valence-electron chi connectivity index (χ4n) is 5.41. The quantitative estimate of drug-likeness (QED) is 0.190. The summed E-state index contributed by atoms with van der Waals surface area (Å²) in [5.41, 5.74) is 12.0. The Morgan fingerprint density at radius 1 is 0.925 bits per heavy atom. The summed E-state index contributed by atoms with van der Waals surface area (Å²) in [6.07, 6.45) is 2.01. The van der Waals surface area contributed by atoms with E-state index in [2.05, 4.69) is 39.5 Å². The highest BCUT2D eigenvalue weighted by Gasteiger charge is 2.23. The molecule has 1 atom stereocenters. The molecule has 0 saturated carbocycles. The van der Waals surface area contributed by atoms with Crippen LogP contribution >= 0.6 is 11.6 Å². The minimum Gasteiger partial charge on any atom is -0.508 e. The zero-order valence-corrected chi connectivity index (χ0v) is 22.7.